The van der Waals surface area contributed by atoms with E-state index in [0.717, 1.165) is 12.1 Å². The van der Waals surface area contributed by atoms with Gasteiger partial charge in [-0.25, -0.2) is 9.18 Å². The van der Waals surface area contributed by atoms with Gasteiger partial charge < -0.3 is 16.2 Å². The molecule has 4 N–H and O–H groups in total. The molecule has 8 heteroatoms. The molecule has 0 spiro atoms. The highest BCUT2D eigenvalue weighted by Gasteiger charge is 2.30. The number of hydrogen-bond donors (Lipinski definition) is 3. The van der Waals surface area contributed by atoms with Gasteiger partial charge in [-0.05, 0) is 19.1 Å². The third kappa shape index (κ3) is 4.01. The van der Waals surface area contributed by atoms with Gasteiger partial charge in [-0.1, -0.05) is 0 Å². The number of nitrogen functional groups attached to an aromatic ring is 1. The maximum Gasteiger partial charge on any atom is 0.391 e. The highest BCUT2D eigenvalue weighted by molar-refractivity contribution is 6.00. The predicted molar refractivity (Wildman–Crippen MR) is 61.5 cm³/mol. The topological polar surface area (TPSA) is 75.3 Å². The van der Waals surface area contributed by atoms with Crippen molar-refractivity contribution in [2.24, 2.45) is 0 Å². The van der Waals surface area contributed by atoms with Crippen molar-refractivity contribution in [1.29, 1.82) is 0 Å². The van der Waals surface area contributed by atoms with Crippen LogP contribution in [0.3, 0.4) is 0 Å². The fourth-order valence-electron chi connectivity index (χ4n) is 1.61. The Morgan fingerprint density at radius 3 is 2.53 bits per heavy atom. The maximum atomic E-state index is 13.1. The van der Waals surface area contributed by atoms with Gasteiger partial charge in [-0.3, -0.25) is 0 Å². The summed E-state index contributed by atoms with van der Waals surface area (Å²) in [6.07, 6.45) is -5.54. The molecule has 4 nitrogen and oxygen atoms in total. The quantitative estimate of drug-likeness (QED) is 0.585. The molecule has 0 aliphatic heterocycles. The third-order valence-corrected chi connectivity index (χ3v) is 2.35. The molecule has 0 amide bonds. The summed E-state index contributed by atoms with van der Waals surface area (Å²) in [5.41, 5.74) is 3.93. The summed E-state index contributed by atoms with van der Waals surface area (Å²) in [5, 5.41) is 11.3. The van der Waals surface area contributed by atoms with Crippen LogP contribution in [0.25, 0.3) is 0 Å². The summed E-state index contributed by atoms with van der Waals surface area (Å²) in [6.45, 7) is 1.23. The normalized spacial score (nSPS) is 13.1. The molecule has 0 heterocycles. The average Bonchev–Trinajstić information content (AvgIpc) is 2.20. The first-order chi connectivity index (χ1) is 8.61. The Hall–Kier alpha value is -1.99. The van der Waals surface area contributed by atoms with Crippen molar-refractivity contribution in [3.63, 3.8) is 0 Å². The zero-order valence-electron chi connectivity index (χ0n) is 9.88. The van der Waals surface area contributed by atoms with E-state index in [1.54, 1.807) is 0 Å². The fraction of sp³-hybridized carbons (Fsp3) is 0.364. The molecule has 19 heavy (non-hydrogen) atoms. The summed E-state index contributed by atoms with van der Waals surface area (Å²) in [7, 11) is 0. The second-order valence-electron chi connectivity index (χ2n) is 4.05. The first-order valence-electron chi connectivity index (χ1n) is 5.26. The standard InChI is InChI=1S/C11H12F4N2O2/c1-5(4-11(13,14)15)17-7-3-2-6(12)9(16)8(7)10(18)19/h2-3,5,17H,4,16H2,1H3,(H,18,19). The van der Waals surface area contributed by atoms with Crippen molar-refractivity contribution in [1.82, 2.24) is 0 Å². The van der Waals surface area contributed by atoms with Gasteiger partial charge in [0.25, 0.3) is 0 Å². The van der Waals surface area contributed by atoms with E-state index in [0.29, 0.717) is 0 Å². The molecule has 0 aromatic heterocycles. The largest absolute Gasteiger partial charge is 0.478 e. The molecular weight excluding hydrogens is 268 g/mol. The molecule has 0 fully saturated rings. The molecule has 1 unspecified atom stereocenters. The third-order valence-electron chi connectivity index (χ3n) is 2.35. The molecule has 0 radical (unpaired) electrons. The van der Waals surface area contributed by atoms with E-state index < -0.39 is 41.7 Å². The van der Waals surface area contributed by atoms with Gasteiger partial charge in [0.1, 0.15) is 11.4 Å². The smallest absolute Gasteiger partial charge is 0.391 e. The lowest BCUT2D eigenvalue weighted by atomic mass is 10.1. The van der Waals surface area contributed by atoms with Crippen LogP contribution in [0, 0.1) is 5.82 Å². The average molecular weight is 280 g/mol. The molecule has 1 aromatic carbocycles. The minimum absolute atomic E-state index is 0.150. The van der Waals surface area contributed by atoms with Crippen molar-refractivity contribution in [3.8, 4) is 0 Å². The number of alkyl halides is 3. The number of halogens is 4. The van der Waals surface area contributed by atoms with E-state index in [-0.39, 0.29) is 5.69 Å². The Bertz CT molecular complexity index is 488. The zero-order valence-corrected chi connectivity index (χ0v) is 9.88. The molecule has 106 valence electrons. The maximum absolute atomic E-state index is 13.1. The Balaban J connectivity index is 3.02. The molecule has 0 saturated carbocycles. The second kappa shape index (κ2) is 5.33. The molecule has 1 aromatic rings. The van der Waals surface area contributed by atoms with Gasteiger partial charge >= 0.3 is 12.1 Å². The van der Waals surface area contributed by atoms with Crippen LogP contribution >= 0.6 is 0 Å². The van der Waals surface area contributed by atoms with Crippen LogP contribution in [0.1, 0.15) is 23.7 Å². The number of benzene rings is 1. The van der Waals surface area contributed by atoms with Crippen molar-refractivity contribution >= 4 is 17.3 Å². The number of anilines is 2. The van der Waals surface area contributed by atoms with E-state index in [1.807, 2.05) is 0 Å². The summed E-state index contributed by atoms with van der Waals surface area (Å²) < 4.78 is 49.6. The van der Waals surface area contributed by atoms with Crippen LogP contribution in [-0.2, 0) is 0 Å². The molecular formula is C11H12F4N2O2. The van der Waals surface area contributed by atoms with E-state index in [9.17, 15) is 22.4 Å². The zero-order chi connectivity index (χ0) is 14.8. The first-order valence-corrected chi connectivity index (χ1v) is 5.26. The highest BCUT2D eigenvalue weighted by Crippen LogP contribution is 2.28. The minimum atomic E-state index is -4.39. The van der Waals surface area contributed by atoms with Crippen molar-refractivity contribution in [3.05, 3.63) is 23.5 Å². The molecule has 0 bridgehead atoms. The Labute approximate surface area is 106 Å². The van der Waals surface area contributed by atoms with E-state index in [4.69, 9.17) is 10.8 Å². The molecule has 0 saturated heterocycles. The van der Waals surface area contributed by atoms with E-state index >= 15 is 0 Å². The predicted octanol–water partition coefficient (Wildman–Crippen LogP) is 2.86. The van der Waals surface area contributed by atoms with Gasteiger partial charge in [-0.2, -0.15) is 13.2 Å². The Kier molecular flexibility index (Phi) is 4.23. The molecule has 1 atom stereocenters. The summed E-state index contributed by atoms with van der Waals surface area (Å²) in [5.74, 6) is -2.45. The number of nitrogens with two attached hydrogens (primary N) is 1. The number of nitrogens with one attached hydrogen (secondary N) is 1. The number of hydrogen-bond acceptors (Lipinski definition) is 3. The van der Waals surface area contributed by atoms with Crippen LogP contribution in [-0.4, -0.2) is 23.3 Å². The summed E-state index contributed by atoms with van der Waals surface area (Å²) in [4.78, 5) is 11.0. The van der Waals surface area contributed by atoms with Gasteiger partial charge in [0.15, 0.2) is 0 Å². The van der Waals surface area contributed by atoms with Gasteiger partial charge in [0.2, 0.25) is 0 Å². The van der Waals surface area contributed by atoms with Crippen molar-refractivity contribution in [2.75, 3.05) is 11.1 Å². The molecule has 1 rings (SSSR count). The molecule has 0 aliphatic carbocycles. The highest BCUT2D eigenvalue weighted by atomic mass is 19.4. The van der Waals surface area contributed by atoms with Crippen LogP contribution in [0.2, 0.25) is 0 Å². The Morgan fingerprint density at radius 2 is 2.05 bits per heavy atom. The van der Waals surface area contributed by atoms with Crippen molar-refractivity contribution in [2.45, 2.75) is 25.6 Å². The molecule has 0 aliphatic rings. The Morgan fingerprint density at radius 1 is 1.47 bits per heavy atom. The number of carboxylic acid groups (broad SMARTS) is 1. The lowest BCUT2D eigenvalue weighted by Crippen LogP contribution is -2.25. The van der Waals surface area contributed by atoms with E-state index in [1.165, 1.54) is 6.92 Å². The lowest BCUT2D eigenvalue weighted by molar-refractivity contribution is -0.136. The fourth-order valence-corrected chi connectivity index (χ4v) is 1.61. The summed E-state index contributed by atoms with van der Waals surface area (Å²) in [6, 6.07) is 0.870. The number of carboxylic acids is 1. The van der Waals surface area contributed by atoms with Gasteiger partial charge in [0.05, 0.1) is 17.8 Å². The number of carbonyl (C=O) groups is 1. The SMILES string of the molecule is CC(CC(F)(F)F)Nc1ccc(F)c(N)c1C(=O)O. The van der Waals surface area contributed by atoms with Crippen LogP contribution in [0.4, 0.5) is 28.9 Å². The van der Waals surface area contributed by atoms with Crippen molar-refractivity contribution < 1.29 is 27.5 Å². The monoisotopic (exact) mass is 280 g/mol. The first kappa shape index (κ1) is 15.1. The van der Waals surface area contributed by atoms with Crippen LogP contribution in [0.5, 0.6) is 0 Å². The second-order valence-corrected chi connectivity index (χ2v) is 4.05. The van der Waals surface area contributed by atoms with Crippen LogP contribution in [0.15, 0.2) is 12.1 Å². The lowest BCUT2D eigenvalue weighted by Gasteiger charge is -2.19. The number of aromatic carboxylic acids is 1. The number of rotatable bonds is 4. The van der Waals surface area contributed by atoms with E-state index in [2.05, 4.69) is 5.32 Å². The van der Waals surface area contributed by atoms with Gasteiger partial charge in [0, 0.05) is 6.04 Å². The summed E-state index contributed by atoms with van der Waals surface area (Å²) >= 11 is 0. The minimum Gasteiger partial charge on any atom is -0.478 e. The van der Waals surface area contributed by atoms with Gasteiger partial charge in [-0.15, -0.1) is 0 Å². The van der Waals surface area contributed by atoms with Crippen LogP contribution < -0.4 is 11.1 Å².